The zero-order chi connectivity index (χ0) is 14.5. The molecule has 0 amide bonds. The minimum absolute atomic E-state index is 0.586. The van der Waals surface area contributed by atoms with Crippen LogP contribution in [0.25, 0.3) is 0 Å². The second-order valence-corrected chi connectivity index (χ2v) is 6.70. The molecule has 0 radical (unpaired) electrons. The largest absolute Gasteiger partial charge is 0.380 e. The van der Waals surface area contributed by atoms with E-state index in [1.165, 1.54) is 49.9 Å². The SMILES string of the molecule is Cc1cccnc1CC1COCCN(C2CCCCC2)C1. The van der Waals surface area contributed by atoms with Crippen LogP contribution in [0.3, 0.4) is 0 Å². The summed E-state index contributed by atoms with van der Waals surface area (Å²) >= 11 is 0. The summed E-state index contributed by atoms with van der Waals surface area (Å²) in [7, 11) is 0. The highest BCUT2D eigenvalue weighted by atomic mass is 16.5. The van der Waals surface area contributed by atoms with E-state index in [0.29, 0.717) is 5.92 Å². The minimum Gasteiger partial charge on any atom is -0.380 e. The molecule has 1 unspecified atom stereocenters. The standard InChI is InChI=1S/C18H28N2O/c1-15-6-5-9-19-18(15)12-16-13-20(10-11-21-14-16)17-7-3-2-4-8-17/h5-6,9,16-17H,2-4,7-8,10-14H2,1H3. The number of rotatable bonds is 3. The van der Waals surface area contributed by atoms with Gasteiger partial charge in [0.1, 0.15) is 0 Å². The maximum absolute atomic E-state index is 5.87. The fourth-order valence-corrected chi connectivity index (χ4v) is 3.81. The van der Waals surface area contributed by atoms with Crippen LogP contribution in [-0.4, -0.2) is 42.2 Å². The van der Waals surface area contributed by atoms with E-state index in [4.69, 9.17) is 4.74 Å². The van der Waals surface area contributed by atoms with Crippen LogP contribution in [0, 0.1) is 12.8 Å². The molecule has 2 fully saturated rings. The summed E-state index contributed by atoms with van der Waals surface area (Å²) in [6, 6.07) is 4.99. The number of ether oxygens (including phenoxy) is 1. The Bertz CT molecular complexity index is 443. The third-order valence-corrected chi connectivity index (χ3v) is 5.06. The first-order valence-corrected chi connectivity index (χ1v) is 8.55. The van der Waals surface area contributed by atoms with Gasteiger partial charge in [0.2, 0.25) is 0 Å². The van der Waals surface area contributed by atoms with Crippen LogP contribution in [0.5, 0.6) is 0 Å². The Morgan fingerprint density at radius 3 is 2.95 bits per heavy atom. The van der Waals surface area contributed by atoms with Crippen LogP contribution in [0.15, 0.2) is 18.3 Å². The Hall–Kier alpha value is -0.930. The average Bonchev–Trinajstić information content (AvgIpc) is 2.76. The fourth-order valence-electron chi connectivity index (χ4n) is 3.81. The molecule has 1 aliphatic heterocycles. The number of hydrogen-bond donors (Lipinski definition) is 0. The lowest BCUT2D eigenvalue weighted by atomic mass is 9.92. The molecule has 116 valence electrons. The van der Waals surface area contributed by atoms with Gasteiger partial charge in [0.15, 0.2) is 0 Å². The normalized spacial score (nSPS) is 25.7. The van der Waals surface area contributed by atoms with Gasteiger partial charge in [0, 0.05) is 36.9 Å². The van der Waals surface area contributed by atoms with E-state index < -0.39 is 0 Å². The van der Waals surface area contributed by atoms with E-state index in [0.717, 1.165) is 32.2 Å². The van der Waals surface area contributed by atoms with Gasteiger partial charge in [-0.2, -0.15) is 0 Å². The summed E-state index contributed by atoms with van der Waals surface area (Å²) in [6.45, 7) is 6.25. The molecule has 1 aromatic rings. The van der Waals surface area contributed by atoms with Gasteiger partial charge in [-0.05, 0) is 37.8 Å². The van der Waals surface area contributed by atoms with Gasteiger partial charge in [0.25, 0.3) is 0 Å². The molecule has 3 rings (SSSR count). The molecule has 2 heterocycles. The van der Waals surface area contributed by atoms with E-state index in [1.807, 2.05) is 12.3 Å². The molecular weight excluding hydrogens is 260 g/mol. The smallest absolute Gasteiger partial charge is 0.0593 e. The molecule has 0 spiro atoms. The quantitative estimate of drug-likeness (QED) is 0.854. The lowest BCUT2D eigenvalue weighted by molar-refractivity contribution is 0.116. The summed E-state index contributed by atoms with van der Waals surface area (Å²) in [5.41, 5.74) is 2.56. The monoisotopic (exact) mass is 288 g/mol. The summed E-state index contributed by atoms with van der Waals surface area (Å²) in [4.78, 5) is 7.27. The van der Waals surface area contributed by atoms with Crippen LogP contribution in [0.2, 0.25) is 0 Å². The molecule has 0 bridgehead atoms. The second kappa shape index (κ2) is 7.37. The third kappa shape index (κ3) is 4.04. The van der Waals surface area contributed by atoms with Gasteiger partial charge in [-0.3, -0.25) is 9.88 Å². The second-order valence-electron chi connectivity index (χ2n) is 6.70. The Morgan fingerprint density at radius 1 is 1.29 bits per heavy atom. The summed E-state index contributed by atoms with van der Waals surface area (Å²) in [5, 5.41) is 0. The van der Waals surface area contributed by atoms with Crippen LogP contribution in [0.1, 0.15) is 43.4 Å². The molecule has 1 aromatic heterocycles. The van der Waals surface area contributed by atoms with Crippen LogP contribution < -0.4 is 0 Å². The van der Waals surface area contributed by atoms with Gasteiger partial charge in [-0.25, -0.2) is 0 Å². The van der Waals surface area contributed by atoms with Crippen molar-refractivity contribution in [2.24, 2.45) is 5.92 Å². The molecule has 3 heteroatoms. The predicted octanol–water partition coefficient (Wildman–Crippen LogP) is 3.21. The Morgan fingerprint density at radius 2 is 2.14 bits per heavy atom. The molecule has 3 nitrogen and oxygen atoms in total. The molecule has 1 atom stereocenters. The van der Waals surface area contributed by atoms with Gasteiger partial charge in [-0.15, -0.1) is 0 Å². The van der Waals surface area contributed by atoms with Crippen molar-refractivity contribution in [1.29, 1.82) is 0 Å². The average molecular weight is 288 g/mol. The zero-order valence-corrected chi connectivity index (χ0v) is 13.3. The number of nitrogens with zero attached hydrogens (tertiary/aromatic N) is 2. The third-order valence-electron chi connectivity index (χ3n) is 5.06. The van der Waals surface area contributed by atoms with Crippen molar-refractivity contribution < 1.29 is 4.74 Å². The Labute approximate surface area is 128 Å². The predicted molar refractivity (Wildman–Crippen MR) is 85.4 cm³/mol. The Kier molecular flexibility index (Phi) is 5.26. The lowest BCUT2D eigenvalue weighted by Gasteiger charge is -2.34. The maximum atomic E-state index is 5.87. The van der Waals surface area contributed by atoms with Gasteiger partial charge >= 0.3 is 0 Å². The van der Waals surface area contributed by atoms with Gasteiger partial charge in [0.05, 0.1) is 13.2 Å². The van der Waals surface area contributed by atoms with Gasteiger partial charge < -0.3 is 4.74 Å². The van der Waals surface area contributed by atoms with Gasteiger partial charge in [-0.1, -0.05) is 25.3 Å². The lowest BCUT2D eigenvalue weighted by Crippen LogP contribution is -2.40. The molecule has 21 heavy (non-hydrogen) atoms. The highest BCUT2D eigenvalue weighted by molar-refractivity contribution is 5.18. The van der Waals surface area contributed by atoms with Crippen LogP contribution in [-0.2, 0) is 11.2 Å². The van der Waals surface area contributed by atoms with E-state index in [2.05, 4.69) is 22.9 Å². The van der Waals surface area contributed by atoms with E-state index in [1.54, 1.807) is 0 Å². The molecular formula is C18H28N2O. The van der Waals surface area contributed by atoms with Crippen molar-refractivity contribution in [2.75, 3.05) is 26.3 Å². The molecule has 1 saturated heterocycles. The van der Waals surface area contributed by atoms with Crippen molar-refractivity contribution in [3.8, 4) is 0 Å². The van der Waals surface area contributed by atoms with Crippen molar-refractivity contribution in [2.45, 2.75) is 51.5 Å². The van der Waals surface area contributed by atoms with Crippen molar-refractivity contribution in [3.05, 3.63) is 29.6 Å². The van der Waals surface area contributed by atoms with Crippen molar-refractivity contribution in [1.82, 2.24) is 9.88 Å². The first kappa shape index (κ1) is 15.0. The van der Waals surface area contributed by atoms with Crippen molar-refractivity contribution >= 4 is 0 Å². The highest BCUT2D eigenvalue weighted by Gasteiger charge is 2.26. The molecule has 1 aliphatic carbocycles. The molecule has 2 aliphatic rings. The van der Waals surface area contributed by atoms with Crippen LogP contribution in [0.4, 0.5) is 0 Å². The van der Waals surface area contributed by atoms with E-state index in [9.17, 15) is 0 Å². The number of aromatic nitrogens is 1. The summed E-state index contributed by atoms with van der Waals surface area (Å²) in [6.07, 6.45) is 9.98. The zero-order valence-electron chi connectivity index (χ0n) is 13.3. The maximum Gasteiger partial charge on any atom is 0.0593 e. The molecule has 0 N–H and O–H groups in total. The summed E-state index contributed by atoms with van der Waals surface area (Å²) < 4.78 is 5.87. The topological polar surface area (TPSA) is 25.4 Å². The highest BCUT2D eigenvalue weighted by Crippen LogP contribution is 2.25. The van der Waals surface area contributed by atoms with E-state index >= 15 is 0 Å². The first-order chi connectivity index (χ1) is 10.3. The van der Waals surface area contributed by atoms with E-state index in [-0.39, 0.29) is 0 Å². The number of aryl methyl sites for hydroxylation is 1. The number of hydrogen-bond acceptors (Lipinski definition) is 3. The molecule has 0 aromatic carbocycles. The molecule has 1 saturated carbocycles. The summed E-state index contributed by atoms with van der Waals surface area (Å²) in [5.74, 6) is 0.586. The minimum atomic E-state index is 0.586. The van der Waals surface area contributed by atoms with Crippen LogP contribution >= 0.6 is 0 Å². The fraction of sp³-hybridized carbons (Fsp3) is 0.722. The number of pyridine rings is 1. The first-order valence-electron chi connectivity index (χ1n) is 8.55. The Balaban J connectivity index is 1.63. The van der Waals surface area contributed by atoms with Crippen molar-refractivity contribution in [3.63, 3.8) is 0 Å².